The molecule has 2 aromatic carbocycles. The fraction of sp³-hybridized carbons (Fsp3) is 0.182. The Kier molecular flexibility index (Phi) is 5.12. The van der Waals surface area contributed by atoms with Gasteiger partial charge in [0.15, 0.2) is 4.96 Å². The number of hydrogen-bond acceptors (Lipinski definition) is 4. The molecule has 1 N–H and O–H groups in total. The van der Waals surface area contributed by atoms with Gasteiger partial charge in [-0.05, 0) is 43.7 Å². The van der Waals surface area contributed by atoms with Crippen molar-refractivity contribution in [2.24, 2.45) is 0 Å². The molecule has 0 saturated carbocycles. The van der Waals surface area contributed by atoms with Crippen LogP contribution in [0, 0.1) is 6.92 Å². The number of ether oxygens (including phenoxy) is 1. The Morgan fingerprint density at radius 1 is 1.18 bits per heavy atom. The Morgan fingerprint density at radius 3 is 2.75 bits per heavy atom. The minimum atomic E-state index is -0.0530. The second-order valence-corrected chi connectivity index (χ2v) is 7.75. The zero-order valence-electron chi connectivity index (χ0n) is 15.8. The lowest BCUT2D eigenvalue weighted by Crippen LogP contribution is -2.14. The van der Waals surface area contributed by atoms with E-state index in [-0.39, 0.29) is 5.91 Å². The fourth-order valence-corrected chi connectivity index (χ4v) is 3.88. The van der Waals surface area contributed by atoms with Crippen LogP contribution in [0.4, 0.5) is 5.69 Å². The van der Waals surface area contributed by atoms with Crippen LogP contribution < -0.4 is 10.1 Å². The van der Waals surface area contributed by atoms with Crippen molar-refractivity contribution in [2.75, 3.05) is 11.9 Å². The van der Waals surface area contributed by atoms with Crippen LogP contribution in [0.3, 0.4) is 0 Å². The summed E-state index contributed by atoms with van der Waals surface area (Å²) in [4.78, 5) is 19.3. The predicted octanol–water partition coefficient (Wildman–Crippen LogP) is 4.95. The SMILES string of the molecule is CCOc1ccc(CC(=O)Nc2cccc(-c3cn4cc(C)sc4n3)c2)cc1. The highest BCUT2D eigenvalue weighted by Crippen LogP contribution is 2.25. The highest BCUT2D eigenvalue weighted by molar-refractivity contribution is 7.17. The summed E-state index contributed by atoms with van der Waals surface area (Å²) in [7, 11) is 0. The zero-order valence-corrected chi connectivity index (χ0v) is 16.6. The number of rotatable bonds is 6. The van der Waals surface area contributed by atoms with Crippen molar-refractivity contribution in [1.82, 2.24) is 9.38 Å². The van der Waals surface area contributed by atoms with Crippen molar-refractivity contribution in [3.63, 3.8) is 0 Å². The van der Waals surface area contributed by atoms with E-state index in [2.05, 4.69) is 23.4 Å². The number of carbonyl (C=O) groups excluding carboxylic acids is 1. The first kappa shape index (κ1) is 18.3. The van der Waals surface area contributed by atoms with E-state index in [0.29, 0.717) is 13.0 Å². The molecule has 2 heterocycles. The highest BCUT2D eigenvalue weighted by Gasteiger charge is 2.09. The summed E-state index contributed by atoms with van der Waals surface area (Å²) >= 11 is 1.66. The third kappa shape index (κ3) is 4.07. The molecule has 0 fully saturated rings. The smallest absolute Gasteiger partial charge is 0.228 e. The lowest BCUT2D eigenvalue weighted by molar-refractivity contribution is -0.115. The third-order valence-electron chi connectivity index (χ3n) is 4.31. The van der Waals surface area contributed by atoms with Gasteiger partial charge >= 0.3 is 0 Å². The Bertz CT molecular complexity index is 1080. The van der Waals surface area contributed by atoms with Gasteiger partial charge in [-0.15, -0.1) is 11.3 Å². The van der Waals surface area contributed by atoms with E-state index in [9.17, 15) is 4.79 Å². The highest BCUT2D eigenvalue weighted by atomic mass is 32.1. The summed E-state index contributed by atoms with van der Waals surface area (Å²) in [6, 6.07) is 15.4. The summed E-state index contributed by atoms with van der Waals surface area (Å²) in [5, 5.41) is 2.97. The molecular weight excluding hydrogens is 370 g/mol. The van der Waals surface area contributed by atoms with Crippen molar-refractivity contribution < 1.29 is 9.53 Å². The van der Waals surface area contributed by atoms with Crippen molar-refractivity contribution in [1.29, 1.82) is 0 Å². The number of anilines is 1. The van der Waals surface area contributed by atoms with Gasteiger partial charge in [-0.1, -0.05) is 24.3 Å². The van der Waals surface area contributed by atoms with Gasteiger partial charge in [0.2, 0.25) is 5.91 Å². The maximum Gasteiger partial charge on any atom is 0.228 e. The number of nitrogens with zero attached hydrogens (tertiary/aromatic N) is 2. The predicted molar refractivity (Wildman–Crippen MR) is 113 cm³/mol. The van der Waals surface area contributed by atoms with Crippen LogP contribution in [0.25, 0.3) is 16.2 Å². The summed E-state index contributed by atoms with van der Waals surface area (Å²) in [5.74, 6) is 0.761. The van der Waals surface area contributed by atoms with Gasteiger partial charge in [0, 0.05) is 28.5 Å². The minimum Gasteiger partial charge on any atom is -0.494 e. The molecule has 1 amide bonds. The first-order valence-corrected chi connectivity index (χ1v) is 9.99. The molecule has 0 bridgehead atoms. The molecule has 0 saturated heterocycles. The second kappa shape index (κ2) is 7.86. The van der Waals surface area contributed by atoms with Crippen LogP contribution in [0.5, 0.6) is 5.75 Å². The summed E-state index contributed by atoms with van der Waals surface area (Å²) < 4.78 is 7.47. The zero-order chi connectivity index (χ0) is 19.5. The number of aromatic nitrogens is 2. The molecule has 0 aliphatic heterocycles. The van der Waals surface area contributed by atoms with E-state index in [1.165, 1.54) is 4.88 Å². The average Bonchev–Trinajstić information content (AvgIpc) is 3.21. The van der Waals surface area contributed by atoms with Gasteiger partial charge in [-0.25, -0.2) is 4.98 Å². The maximum atomic E-state index is 12.4. The molecule has 0 radical (unpaired) electrons. The average molecular weight is 391 g/mol. The van der Waals surface area contributed by atoms with Gasteiger partial charge in [-0.2, -0.15) is 0 Å². The van der Waals surface area contributed by atoms with E-state index >= 15 is 0 Å². The molecular formula is C22H21N3O2S. The standard InChI is InChI=1S/C22H21N3O2S/c1-3-27-19-9-7-16(8-10-19)11-21(26)23-18-6-4-5-17(12-18)20-14-25-13-15(2)28-22(25)24-20/h4-10,12-14H,3,11H2,1-2H3,(H,23,26). The minimum absolute atomic E-state index is 0.0530. The summed E-state index contributed by atoms with van der Waals surface area (Å²) in [5.41, 5.74) is 3.59. The van der Waals surface area contributed by atoms with Gasteiger partial charge in [-0.3, -0.25) is 9.20 Å². The van der Waals surface area contributed by atoms with E-state index in [4.69, 9.17) is 4.74 Å². The van der Waals surface area contributed by atoms with Crippen LogP contribution >= 0.6 is 11.3 Å². The maximum absolute atomic E-state index is 12.4. The van der Waals surface area contributed by atoms with Crippen LogP contribution in [-0.2, 0) is 11.2 Å². The van der Waals surface area contributed by atoms with Gasteiger partial charge in [0.05, 0.1) is 18.7 Å². The summed E-state index contributed by atoms with van der Waals surface area (Å²) in [6.07, 6.45) is 4.40. The number of aryl methyl sites for hydroxylation is 1. The molecule has 0 spiro atoms. The number of benzene rings is 2. The molecule has 28 heavy (non-hydrogen) atoms. The van der Waals surface area contributed by atoms with Crippen molar-refractivity contribution in [3.8, 4) is 17.0 Å². The number of nitrogens with one attached hydrogen (secondary N) is 1. The third-order valence-corrected chi connectivity index (χ3v) is 5.22. The Labute approximate surface area is 167 Å². The van der Waals surface area contributed by atoms with Crippen LogP contribution in [0.2, 0.25) is 0 Å². The summed E-state index contributed by atoms with van der Waals surface area (Å²) in [6.45, 7) is 4.65. The number of imidazole rings is 1. The van der Waals surface area contributed by atoms with Crippen molar-refractivity contribution in [3.05, 3.63) is 71.4 Å². The van der Waals surface area contributed by atoms with Crippen molar-refractivity contribution >= 4 is 27.9 Å². The molecule has 4 rings (SSSR count). The lowest BCUT2D eigenvalue weighted by atomic mass is 10.1. The molecule has 0 unspecified atom stereocenters. The van der Waals surface area contributed by atoms with Gasteiger partial charge in [0.1, 0.15) is 5.75 Å². The molecule has 5 nitrogen and oxygen atoms in total. The quantitative estimate of drug-likeness (QED) is 0.506. The normalized spacial score (nSPS) is 10.9. The largest absolute Gasteiger partial charge is 0.494 e. The lowest BCUT2D eigenvalue weighted by Gasteiger charge is -2.08. The molecule has 4 aromatic rings. The molecule has 2 aromatic heterocycles. The molecule has 142 valence electrons. The van der Waals surface area contributed by atoms with E-state index in [1.807, 2.05) is 66.1 Å². The Balaban J connectivity index is 1.45. The molecule has 0 atom stereocenters. The topological polar surface area (TPSA) is 55.6 Å². The molecule has 0 aliphatic carbocycles. The van der Waals surface area contributed by atoms with E-state index < -0.39 is 0 Å². The first-order chi connectivity index (χ1) is 13.6. The van der Waals surface area contributed by atoms with Crippen LogP contribution in [0.1, 0.15) is 17.4 Å². The van der Waals surface area contributed by atoms with E-state index in [1.54, 1.807) is 11.3 Å². The first-order valence-electron chi connectivity index (χ1n) is 9.18. The Morgan fingerprint density at radius 2 is 2.00 bits per heavy atom. The van der Waals surface area contributed by atoms with E-state index in [0.717, 1.165) is 33.2 Å². The Hall–Kier alpha value is -3.12. The van der Waals surface area contributed by atoms with Gasteiger partial charge in [0.25, 0.3) is 0 Å². The van der Waals surface area contributed by atoms with Gasteiger partial charge < -0.3 is 10.1 Å². The van der Waals surface area contributed by atoms with Crippen molar-refractivity contribution in [2.45, 2.75) is 20.3 Å². The van der Waals surface area contributed by atoms with Crippen LogP contribution in [-0.4, -0.2) is 21.9 Å². The van der Waals surface area contributed by atoms with Crippen LogP contribution in [0.15, 0.2) is 60.9 Å². The molecule has 6 heteroatoms. The number of amides is 1. The number of carbonyl (C=O) groups is 1. The number of fused-ring (bicyclic) bond motifs is 1. The second-order valence-electron chi connectivity index (χ2n) is 6.54. The fourth-order valence-electron chi connectivity index (χ4n) is 3.07. The monoisotopic (exact) mass is 391 g/mol. The number of hydrogen-bond donors (Lipinski definition) is 1. The number of thiazole rings is 1. The molecule has 0 aliphatic rings.